The van der Waals surface area contributed by atoms with Crippen molar-refractivity contribution in [2.75, 3.05) is 5.73 Å². The Bertz CT molecular complexity index is 1020. The van der Waals surface area contributed by atoms with Crippen molar-refractivity contribution in [3.8, 4) is 11.1 Å². The molecule has 0 heterocycles. The van der Waals surface area contributed by atoms with E-state index < -0.39 is 0 Å². The van der Waals surface area contributed by atoms with Crippen LogP contribution in [0.15, 0.2) is 78.9 Å². The number of amides is 2. The van der Waals surface area contributed by atoms with E-state index in [0.29, 0.717) is 17.7 Å². The first kappa shape index (κ1) is 21.1. The van der Waals surface area contributed by atoms with Crippen LogP contribution in [0.2, 0.25) is 0 Å². The Kier molecular flexibility index (Phi) is 6.86. The molecule has 0 aromatic heterocycles. The zero-order valence-electron chi connectivity index (χ0n) is 17.3. The number of nitrogens with two attached hydrogens (primary N) is 1. The summed E-state index contributed by atoms with van der Waals surface area (Å²) in [4.78, 5) is 25.4. The van der Waals surface area contributed by atoms with Gasteiger partial charge in [0.25, 0.3) is 5.91 Å². The van der Waals surface area contributed by atoms with E-state index >= 15 is 0 Å². The minimum Gasteiger partial charge on any atom is -0.399 e. The molecule has 0 aliphatic heterocycles. The molecule has 154 valence electrons. The van der Waals surface area contributed by atoms with Crippen molar-refractivity contribution in [3.63, 3.8) is 0 Å². The largest absolute Gasteiger partial charge is 0.399 e. The third kappa shape index (κ3) is 5.26. The molecule has 3 aromatic rings. The molecular weight excluding hydrogens is 374 g/mol. The molecule has 0 fully saturated rings. The summed E-state index contributed by atoms with van der Waals surface area (Å²) in [6.07, 6.45) is 0.848. The van der Waals surface area contributed by atoms with Crippen LogP contribution in [0.3, 0.4) is 0 Å². The molecule has 0 bridgehead atoms. The first-order valence-corrected chi connectivity index (χ1v) is 10.1. The van der Waals surface area contributed by atoms with Crippen LogP contribution in [0.25, 0.3) is 11.1 Å². The van der Waals surface area contributed by atoms with Crippen LogP contribution in [0.5, 0.6) is 0 Å². The van der Waals surface area contributed by atoms with E-state index in [0.717, 1.165) is 16.7 Å². The third-order valence-corrected chi connectivity index (χ3v) is 4.87. The van der Waals surface area contributed by atoms with E-state index in [1.165, 1.54) is 5.01 Å². The van der Waals surface area contributed by atoms with Gasteiger partial charge in [0.1, 0.15) is 0 Å². The van der Waals surface area contributed by atoms with Crippen molar-refractivity contribution in [2.24, 2.45) is 0 Å². The Labute approximate surface area is 177 Å². The highest BCUT2D eigenvalue weighted by atomic mass is 16.2. The SMILES string of the molecule is CC(C)N(NC(=O)c1ccccc1)C(=O)CCc1ccccc1-c1cccc(N)c1. The molecule has 3 rings (SSSR count). The molecule has 0 unspecified atom stereocenters. The monoisotopic (exact) mass is 401 g/mol. The zero-order valence-corrected chi connectivity index (χ0v) is 17.3. The van der Waals surface area contributed by atoms with Crippen LogP contribution >= 0.6 is 0 Å². The quantitative estimate of drug-likeness (QED) is 0.473. The Morgan fingerprint density at radius 3 is 2.33 bits per heavy atom. The number of hydrogen-bond acceptors (Lipinski definition) is 3. The van der Waals surface area contributed by atoms with Crippen molar-refractivity contribution in [1.82, 2.24) is 10.4 Å². The summed E-state index contributed by atoms with van der Waals surface area (Å²) in [5.74, 6) is -0.422. The van der Waals surface area contributed by atoms with E-state index in [-0.39, 0.29) is 24.3 Å². The number of nitrogens with zero attached hydrogens (tertiary/aromatic N) is 1. The van der Waals surface area contributed by atoms with Gasteiger partial charge in [0, 0.05) is 23.7 Å². The summed E-state index contributed by atoms with van der Waals surface area (Å²) >= 11 is 0. The number of hydrogen-bond donors (Lipinski definition) is 2. The average Bonchev–Trinajstić information content (AvgIpc) is 2.76. The van der Waals surface area contributed by atoms with Crippen molar-refractivity contribution >= 4 is 17.5 Å². The Morgan fingerprint density at radius 2 is 1.63 bits per heavy atom. The lowest BCUT2D eigenvalue weighted by Gasteiger charge is -2.27. The highest BCUT2D eigenvalue weighted by Gasteiger charge is 2.20. The number of anilines is 1. The summed E-state index contributed by atoms with van der Waals surface area (Å²) in [5.41, 5.74) is 13.0. The number of carbonyl (C=O) groups is 2. The van der Waals surface area contributed by atoms with Gasteiger partial charge in [-0.3, -0.25) is 20.0 Å². The molecule has 5 heteroatoms. The number of nitrogen functional groups attached to an aromatic ring is 1. The number of rotatable bonds is 6. The number of benzene rings is 3. The van der Waals surface area contributed by atoms with Crippen LogP contribution in [0.1, 0.15) is 36.2 Å². The van der Waals surface area contributed by atoms with Gasteiger partial charge in [-0.1, -0.05) is 54.6 Å². The number of carbonyl (C=O) groups excluding carboxylic acids is 2. The van der Waals surface area contributed by atoms with Crippen LogP contribution in [0.4, 0.5) is 5.69 Å². The second-order valence-electron chi connectivity index (χ2n) is 7.45. The third-order valence-electron chi connectivity index (χ3n) is 4.87. The maximum absolute atomic E-state index is 12.9. The van der Waals surface area contributed by atoms with Crippen molar-refractivity contribution in [3.05, 3.63) is 90.0 Å². The predicted octanol–water partition coefficient (Wildman–Crippen LogP) is 4.45. The maximum atomic E-state index is 12.9. The normalized spacial score (nSPS) is 10.6. The van der Waals surface area contributed by atoms with E-state index in [1.54, 1.807) is 24.3 Å². The van der Waals surface area contributed by atoms with E-state index in [4.69, 9.17) is 5.73 Å². The Balaban J connectivity index is 1.71. The second-order valence-corrected chi connectivity index (χ2v) is 7.45. The van der Waals surface area contributed by atoms with Gasteiger partial charge in [0.2, 0.25) is 5.91 Å². The molecule has 30 heavy (non-hydrogen) atoms. The fraction of sp³-hybridized carbons (Fsp3) is 0.200. The Morgan fingerprint density at radius 1 is 0.933 bits per heavy atom. The predicted molar refractivity (Wildman–Crippen MR) is 121 cm³/mol. The van der Waals surface area contributed by atoms with Crippen molar-refractivity contribution < 1.29 is 9.59 Å². The van der Waals surface area contributed by atoms with Crippen LogP contribution in [0, 0.1) is 0 Å². The molecule has 0 aliphatic carbocycles. The van der Waals surface area contributed by atoms with E-state index in [9.17, 15) is 9.59 Å². The molecule has 0 atom stereocenters. The number of aryl methyl sites for hydroxylation is 1. The van der Waals surface area contributed by atoms with E-state index in [1.807, 2.05) is 68.4 Å². The van der Waals surface area contributed by atoms with Crippen molar-refractivity contribution in [2.45, 2.75) is 32.7 Å². The van der Waals surface area contributed by atoms with Gasteiger partial charge in [-0.05, 0) is 61.2 Å². The van der Waals surface area contributed by atoms with Gasteiger partial charge < -0.3 is 5.73 Å². The summed E-state index contributed by atoms with van der Waals surface area (Å²) < 4.78 is 0. The standard InChI is InChI=1S/C25H27N3O2/c1-18(2)28(27-25(30)20-10-4-3-5-11-20)24(29)16-15-19-9-6-7-14-23(19)21-12-8-13-22(26)17-21/h3-14,17-18H,15-16,26H2,1-2H3,(H,27,30). The highest BCUT2D eigenvalue weighted by molar-refractivity contribution is 5.95. The van der Waals surface area contributed by atoms with Crippen LogP contribution < -0.4 is 11.2 Å². The molecule has 2 amide bonds. The average molecular weight is 402 g/mol. The summed E-state index contributed by atoms with van der Waals surface area (Å²) in [6, 6.07) is 24.4. The minimum atomic E-state index is -0.294. The van der Waals surface area contributed by atoms with Crippen molar-refractivity contribution in [1.29, 1.82) is 0 Å². The van der Waals surface area contributed by atoms with Gasteiger partial charge >= 0.3 is 0 Å². The van der Waals surface area contributed by atoms with Gasteiger partial charge in [0.05, 0.1) is 0 Å². The van der Waals surface area contributed by atoms with Crippen LogP contribution in [-0.2, 0) is 11.2 Å². The molecular formula is C25H27N3O2. The smallest absolute Gasteiger partial charge is 0.269 e. The Hall–Kier alpha value is -3.60. The molecule has 0 saturated heterocycles. The molecule has 3 aromatic carbocycles. The first-order valence-electron chi connectivity index (χ1n) is 10.1. The summed E-state index contributed by atoms with van der Waals surface area (Å²) in [6.45, 7) is 3.76. The molecule has 0 aliphatic rings. The molecule has 0 radical (unpaired) electrons. The lowest BCUT2D eigenvalue weighted by atomic mass is 9.96. The topological polar surface area (TPSA) is 75.4 Å². The first-order chi connectivity index (χ1) is 14.5. The van der Waals surface area contributed by atoms with Gasteiger partial charge in [0.15, 0.2) is 0 Å². The number of hydrazine groups is 1. The second kappa shape index (κ2) is 9.74. The number of nitrogens with one attached hydrogen (secondary N) is 1. The van der Waals surface area contributed by atoms with Gasteiger partial charge in [-0.15, -0.1) is 0 Å². The molecule has 0 saturated carbocycles. The van der Waals surface area contributed by atoms with E-state index in [2.05, 4.69) is 5.43 Å². The lowest BCUT2D eigenvalue weighted by Crippen LogP contribution is -2.50. The fourth-order valence-electron chi connectivity index (χ4n) is 3.33. The van der Waals surface area contributed by atoms with Crippen LogP contribution in [-0.4, -0.2) is 22.9 Å². The van der Waals surface area contributed by atoms with Gasteiger partial charge in [-0.25, -0.2) is 0 Å². The summed E-state index contributed by atoms with van der Waals surface area (Å²) in [5, 5.41) is 1.42. The summed E-state index contributed by atoms with van der Waals surface area (Å²) in [7, 11) is 0. The lowest BCUT2D eigenvalue weighted by molar-refractivity contribution is -0.135. The fourth-order valence-corrected chi connectivity index (χ4v) is 3.33. The maximum Gasteiger partial charge on any atom is 0.269 e. The zero-order chi connectivity index (χ0) is 21.5. The minimum absolute atomic E-state index is 0.128. The molecule has 0 spiro atoms. The van der Waals surface area contributed by atoms with Gasteiger partial charge in [-0.2, -0.15) is 0 Å². The molecule has 3 N–H and O–H groups in total. The highest BCUT2D eigenvalue weighted by Crippen LogP contribution is 2.26. The molecule has 5 nitrogen and oxygen atoms in total.